The molecule has 2 N–H and O–H groups in total. The third-order valence-corrected chi connectivity index (χ3v) is 5.67. The van der Waals surface area contributed by atoms with Crippen LogP contribution < -0.4 is 0 Å². The Labute approximate surface area is 117 Å². The number of aliphatic hydroxyl groups excluding tert-OH is 2. The molecule has 2 fully saturated rings. The SMILES string of the molecule is OCC1CC(Br)CCC1C(O)C1CCC(F)CC1. The summed E-state index contributed by atoms with van der Waals surface area (Å²) in [6.07, 6.45) is 4.75. The number of hydrogen-bond donors (Lipinski definition) is 2. The van der Waals surface area contributed by atoms with Crippen molar-refractivity contribution in [3.05, 3.63) is 0 Å². The third-order valence-electron chi connectivity index (χ3n) is 4.83. The molecule has 4 unspecified atom stereocenters. The first kappa shape index (κ1) is 14.7. The van der Waals surface area contributed by atoms with E-state index < -0.39 is 6.17 Å². The molecule has 2 aliphatic rings. The third kappa shape index (κ3) is 3.45. The first-order chi connectivity index (χ1) is 8.61. The summed E-state index contributed by atoms with van der Waals surface area (Å²) in [5.74, 6) is 0.633. The largest absolute Gasteiger partial charge is 0.396 e. The molecule has 0 bridgehead atoms. The summed E-state index contributed by atoms with van der Waals surface area (Å²) in [6.45, 7) is 0.155. The lowest BCUT2D eigenvalue weighted by atomic mass is 9.70. The van der Waals surface area contributed by atoms with Crippen LogP contribution in [0.2, 0.25) is 0 Å². The Morgan fingerprint density at radius 2 is 1.78 bits per heavy atom. The average molecular weight is 323 g/mol. The quantitative estimate of drug-likeness (QED) is 0.784. The molecule has 0 spiro atoms. The van der Waals surface area contributed by atoms with E-state index >= 15 is 0 Å². The highest BCUT2D eigenvalue weighted by Gasteiger charge is 2.38. The van der Waals surface area contributed by atoms with Crippen molar-refractivity contribution < 1.29 is 14.6 Å². The van der Waals surface area contributed by atoms with E-state index in [0.29, 0.717) is 17.7 Å². The monoisotopic (exact) mass is 322 g/mol. The predicted molar refractivity (Wildman–Crippen MR) is 73.5 cm³/mol. The van der Waals surface area contributed by atoms with Crippen LogP contribution in [0.1, 0.15) is 44.9 Å². The second-order valence-electron chi connectivity index (χ2n) is 6.02. The van der Waals surface area contributed by atoms with Crippen LogP contribution in [0.15, 0.2) is 0 Å². The van der Waals surface area contributed by atoms with E-state index in [-0.39, 0.29) is 30.5 Å². The molecule has 18 heavy (non-hydrogen) atoms. The van der Waals surface area contributed by atoms with Crippen LogP contribution in [0, 0.1) is 17.8 Å². The Kier molecular flexibility index (Phi) is 5.46. The lowest BCUT2D eigenvalue weighted by Gasteiger charge is -2.40. The van der Waals surface area contributed by atoms with Crippen LogP contribution >= 0.6 is 15.9 Å². The molecule has 2 rings (SSSR count). The van der Waals surface area contributed by atoms with Gasteiger partial charge in [-0.05, 0) is 62.7 Å². The molecule has 106 valence electrons. The number of rotatable bonds is 3. The predicted octanol–water partition coefficient (Wildman–Crippen LogP) is 3.05. The molecule has 4 atom stereocenters. The highest BCUT2D eigenvalue weighted by atomic mass is 79.9. The molecule has 0 amide bonds. The molecule has 2 nitrogen and oxygen atoms in total. The minimum Gasteiger partial charge on any atom is -0.396 e. The topological polar surface area (TPSA) is 40.5 Å². The fraction of sp³-hybridized carbons (Fsp3) is 1.00. The second kappa shape index (κ2) is 6.67. The standard InChI is InChI=1S/C14H24BrFO2/c15-11-3-6-13(10(7-11)8-17)14(18)9-1-4-12(16)5-2-9/h9-14,17-18H,1-8H2. The van der Waals surface area contributed by atoms with E-state index in [1.54, 1.807) is 0 Å². The van der Waals surface area contributed by atoms with Gasteiger partial charge >= 0.3 is 0 Å². The minimum atomic E-state index is -0.666. The van der Waals surface area contributed by atoms with Crippen LogP contribution in [0.5, 0.6) is 0 Å². The van der Waals surface area contributed by atoms with Crippen molar-refractivity contribution in [1.82, 2.24) is 0 Å². The van der Waals surface area contributed by atoms with Crippen molar-refractivity contribution in [2.75, 3.05) is 6.61 Å². The van der Waals surface area contributed by atoms with Crippen molar-refractivity contribution >= 4 is 15.9 Å². The van der Waals surface area contributed by atoms with E-state index in [1.807, 2.05) is 0 Å². The lowest BCUT2D eigenvalue weighted by molar-refractivity contribution is -0.0253. The fourth-order valence-electron chi connectivity index (χ4n) is 3.66. The summed E-state index contributed by atoms with van der Waals surface area (Å²) >= 11 is 3.61. The van der Waals surface area contributed by atoms with Crippen LogP contribution in [-0.4, -0.2) is 33.9 Å². The summed E-state index contributed by atoms with van der Waals surface area (Å²) in [4.78, 5) is 0.472. The maximum absolute atomic E-state index is 13.1. The van der Waals surface area contributed by atoms with Gasteiger partial charge in [0, 0.05) is 11.4 Å². The average Bonchev–Trinajstić information content (AvgIpc) is 2.38. The Bertz CT molecular complexity index is 256. The van der Waals surface area contributed by atoms with Crippen LogP contribution in [-0.2, 0) is 0 Å². The smallest absolute Gasteiger partial charge is 0.100 e. The van der Waals surface area contributed by atoms with Crippen molar-refractivity contribution in [2.45, 2.75) is 62.0 Å². The summed E-state index contributed by atoms with van der Waals surface area (Å²) in [5, 5.41) is 20.0. The molecule has 4 heteroatoms. The van der Waals surface area contributed by atoms with Gasteiger partial charge in [0.1, 0.15) is 6.17 Å². The van der Waals surface area contributed by atoms with E-state index in [2.05, 4.69) is 15.9 Å². The maximum Gasteiger partial charge on any atom is 0.100 e. The molecule has 0 radical (unpaired) electrons. The molecule has 0 aliphatic heterocycles. The lowest BCUT2D eigenvalue weighted by Crippen LogP contribution is -2.40. The highest BCUT2D eigenvalue weighted by Crippen LogP contribution is 2.40. The van der Waals surface area contributed by atoms with E-state index in [1.165, 1.54) is 0 Å². The van der Waals surface area contributed by atoms with Gasteiger partial charge < -0.3 is 10.2 Å². The van der Waals surface area contributed by atoms with Gasteiger partial charge in [-0.2, -0.15) is 0 Å². The van der Waals surface area contributed by atoms with Gasteiger partial charge in [0.05, 0.1) is 6.10 Å². The Morgan fingerprint density at radius 3 is 2.39 bits per heavy atom. The van der Waals surface area contributed by atoms with E-state index in [9.17, 15) is 14.6 Å². The zero-order valence-electron chi connectivity index (χ0n) is 10.8. The summed E-state index contributed by atoms with van der Waals surface area (Å²) in [7, 11) is 0. The molecular weight excluding hydrogens is 299 g/mol. The summed E-state index contributed by atoms with van der Waals surface area (Å²) in [5.41, 5.74) is 0. The Morgan fingerprint density at radius 1 is 1.11 bits per heavy atom. The van der Waals surface area contributed by atoms with Gasteiger partial charge in [0.2, 0.25) is 0 Å². The Hall–Kier alpha value is 0.330. The summed E-state index contributed by atoms with van der Waals surface area (Å²) < 4.78 is 13.1. The fourth-order valence-corrected chi connectivity index (χ4v) is 4.40. The molecule has 0 saturated heterocycles. The van der Waals surface area contributed by atoms with Crippen molar-refractivity contribution in [3.8, 4) is 0 Å². The van der Waals surface area contributed by atoms with Gasteiger partial charge in [-0.15, -0.1) is 0 Å². The van der Waals surface area contributed by atoms with Gasteiger partial charge in [0.25, 0.3) is 0 Å². The van der Waals surface area contributed by atoms with Crippen molar-refractivity contribution in [1.29, 1.82) is 0 Å². The molecule has 0 aromatic heterocycles. The first-order valence-electron chi connectivity index (χ1n) is 7.19. The molecule has 0 heterocycles. The van der Waals surface area contributed by atoms with Gasteiger partial charge in [0.15, 0.2) is 0 Å². The van der Waals surface area contributed by atoms with Gasteiger partial charge in [-0.1, -0.05) is 15.9 Å². The van der Waals surface area contributed by atoms with E-state index in [0.717, 1.165) is 32.1 Å². The summed E-state index contributed by atoms with van der Waals surface area (Å²) in [6, 6.07) is 0. The molecule has 2 aliphatic carbocycles. The zero-order valence-corrected chi connectivity index (χ0v) is 12.4. The van der Waals surface area contributed by atoms with Crippen LogP contribution in [0.4, 0.5) is 4.39 Å². The Balaban J connectivity index is 1.92. The number of aliphatic hydroxyl groups is 2. The van der Waals surface area contributed by atoms with Crippen LogP contribution in [0.25, 0.3) is 0 Å². The van der Waals surface area contributed by atoms with Gasteiger partial charge in [-0.3, -0.25) is 0 Å². The second-order valence-corrected chi connectivity index (χ2v) is 7.31. The van der Waals surface area contributed by atoms with Crippen molar-refractivity contribution in [3.63, 3.8) is 0 Å². The zero-order chi connectivity index (χ0) is 13.1. The number of halogens is 2. The number of hydrogen-bond acceptors (Lipinski definition) is 2. The van der Waals surface area contributed by atoms with Crippen LogP contribution in [0.3, 0.4) is 0 Å². The minimum absolute atomic E-state index is 0.155. The van der Waals surface area contributed by atoms with Gasteiger partial charge in [-0.25, -0.2) is 4.39 Å². The molecule has 2 saturated carbocycles. The first-order valence-corrected chi connectivity index (χ1v) is 8.10. The molecule has 0 aromatic carbocycles. The maximum atomic E-state index is 13.1. The van der Waals surface area contributed by atoms with Crippen molar-refractivity contribution in [2.24, 2.45) is 17.8 Å². The van der Waals surface area contributed by atoms with E-state index in [4.69, 9.17) is 0 Å². The molecule has 0 aromatic rings. The highest BCUT2D eigenvalue weighted by molar-refractivity contribution is 9.09. The number of alkyl halides is 2. The normalized spacial score (nSPS) is 43.7. The molecular formula is C14H24BrFO2.